The van der Waals surface area contributed by atoms with Crippen molar-refractivity contribution < 1.29 is 14.3 Å². The molecule has 11 nitrogen and oxygen atoms in total. The first-order valence-corrected chi connectivity index (χ1v) is 11.3. The number of piperazine rings is 1. The Hall–Kier alpha value is -2.38. The number of carbonyl (C=O) groups excluding carboxylic acids is 2. The number of piperidine rings is 1. The Kier molecular flexibility index (Phi) is 11.4. The number of guanidine groups is 1. The van der Waals surface area contributed by atoms with Gasteiger partial charge in [0.05, 0.1) is 6.61 Å². The number of hydrogen-bond acceptors (Lipinski definition) is 7. The number of aliphatic imine (C=N–C) groups is 1. The molecule has 2 fully saturated rings. The molecule has 0 radical (unpaired) electrons. The van der Waals surface area contributed by atoms with E-state index in [9.17, 15) is 9.59 Å². The predicted octanol–water partition coefficient (Wildman–Crippen LogP) is 0.919. The van der Waals surface area contributed by atoms with E-state index in [2.05, 4.69) is 30.5 Å². The summed E-state index contributed by atoms with van der Waals surface area (Å²) in [7, 11) is 1.72. The van der Waals surface area contributed by atoms with E-state index in [1.807, 2.05) is 11.8 Å². The van der Waals surface area contributed by atoms with Gasteiger partial charge in [-0.3, -0.25) is 9.79 Å². The molecule has 2 aliphatic rings. The highest BCUT2D eigenvalue weighted by Gasteiger charge is 2.25. The SMILES string of the molecule is CCOC(=O)N1CCC(NC(=NC)NCCC(=O)N2CCN(c3ncccn3)CC2)CC1.I. The van der Waals surface area contributed by atoms with E-state index in [4.69, 9.17) is 4.74 Å². The Labute approximate surface area is 212 Å². The van der Waals surface area contributed by atoms with Crippen molar-refractivity contribution in [2.24, 2.45) is 4.99 Å². The third-order valence-corrected chi connectivity index (χ3v) is 5.68. The summed E-state index contributed by atoms with van der Waals surface area (Å²) in [5.41, 5.74) is 0. The van der Waals surface area contributed by atoms with Crippen molar-refractivity contribution in [1.29, 1.82) is 0 Å². The maximum Gasteiger partial charge on any atom is 0.409 e. The fourth-order valence-corrected chi connectivity index (χ4v) is 3.87. The van der Waals surface area contributed by atoms with Crippen LogP contribution in [0.4, 0.5) is 10.7 Å². The van der Waals surface area contributed by atoms with E-state index in [-0.39, 0.29) is 42.0 Å². The number of ether oxygens (including phenoxy) is 1. The number of likely N-dealkylation sites (tertiary alicyclic amines) is 1. The zero-order chi connectivity index (χ0) is 22.8. The Morgan fingerprint density at radius 1 is 1.09 bits per heavy atom. The van der Waals surface area contributed by atoms with Crippen LogP contribution in [0.3, 0.4) is 0 Å². The second-order valence-corrected chi connectivity index (χ2v) is 7.77. The average Bonchev–Trinajstić information content (AvgIpc) is 2.84. The van der Waals surface area contributed by atoms with Crippen molar-refractivity contribution in [1.82, 2.24) is 30.4 Å². The molecule has 2 amide bonds. The molecular weight excluding hydrogens is 539 g/mol. The first-order valence-electron chi connectivity index (χ1n) is 11.3. The molecule has 0 aliphatic carbocycles. The molecule has 0 aromatic carbocycles. The van der Waals surface area contributed by atoms with Gasteiger partial charge in [0.2, 0.25) is 11.9 Å². The molecule has 0 bridgehead atoms. The van der Waals surface area contributed by atoms with Crippen LogP contribution < -0.4 is 15.5 Å². The summed E-state index contributed by atoms with van der Waals surface area (Å²) in [5.74, 6) is 1.52. The number of rotatable bonds is 6. The summed E-state index contributed by atoms with van der Waals surface area (Å²) in [4.78, 5) is 42.9. The minimum absolute atomic E-state index is 0. The standard InChI is InChI=1S/C21H34N8O3.HI/c1-3-32-21(31)29-11-6-17(7-12-29)26-19(22-2)23-10-5-18(30)27-13-15-28(16-14-27)20-24-8-4-9-25-20;/h4,8-9,17H,3,5-7,10-16H2,1-2H3,(H2,22,23,26);1H. The molecule has 1 aromatic rings. The summed E-state index contributed by atoms with van der Waals surface area (Å²) in [6.07, 6.45) is 5.28. The number of nitrogens with one attached hydrogen (secondary N) is 2. The van der Waals surface area contributed by atoms with Crippen LogP contribution in [-0.2, 0) is 9.53 Å². The van der Waals surface area contributed by atoms with Crippen molar-refractivity contribution in [3.8, 4) is 0 Å². The van der Waals surface area contributed by atoms with Gasteiger partial charge < -0.3 is 30.1 Å². The highest BCUT2D eigenvalue weighted by Crippen LogP contribution is 2.12. The highest BCUT2D eigenvalue weighted by atomic mass is 127. The molecule has 12 heteroatoms. The summed E-state index contributed by atoms with van der Waals surface area (Å²) in [6, 6.07) is 2.03. The predicted molar refractivity (Wildman–Crippen MR) is 137 cm³/mol. The number of anilines is 1. The van der Waals surface area contributed by atoms with Crippen LogP contribution in [0.5, 0.6) is 0 Å². The second kappa shape index (κ2) is 14.0. The van der Waals surface area contributed by atoms with Crippen molar-refractivity contribution in [3.63, 3.8) is 0 Å². The van der Waals surface area contributed by atoms with Gasteiger partial charge in [0.15, 0.2) is 5.96 Å². The number of halogens is 1. The molecule has 0 atom stereocenters. The number of hydrogen-bond donors (Lipinski definition) is 2. The van der Waals surface area contributed by atoms with E-state index in [1.54, 1.807) is 30.4 Å². The molecule has 3 heterocycles. The maximum atomic E-state index is 12.6. The van der Waals surface area contributed by atoms with Crippen LogP contribution in [0.1, 0.15) is 26.2 Å². The van der Waals surface area contributed by atoms with E-state index in [0.29, 0.717) is 57.7 Å². The van der Waals surface area contributed by atoms with Gasteiger partial charge in [-0.25, -0.2) is 14.8 Å². The van der Waals surface area contributed by atoms with Gasteiger partial charge in [-0.05, 0) is 25.8 Å². The molecule has 1 aromatic heterocycles. The molecule has 184 valence electrons. The summed E-state index contributed by atoms with van der Waals surface area (Å²) in [5, 5.41) is 6.62. The summed E-state index contributed by atoms with van der Waals surface area (Å²) in [6.45, 7) is 6.84. The minimum atomic E-state index is -0.246. The van der Waals surface area contributed by atoms with E-state index < -0.39 is 0 Å². The Bertz CT molecular complexity index is 766. The average molecular weight is 574 g/mol. The summed E-state index contributed by atoms with van der Waals surface area (Å²) < 4.78 is 5.06. The van der Waals surface area contributed by atoms with Crippen molar-refractivity contribution in [3.05, 3.63) is 18.5 Å². The van der Waals surface area contributed by atoms with Crippen LogP contribution in [0, 0.1) is 0 Å². The Morgan fingerprint density at radius 3 is 2.36 bits per heavy atom. The van der Waals surface area contributed by atoms with Crippen LogP contribution in [0.15, 0.2) is 23.5 Å². The Morgan fingerprint density at radius 2 is 1.76 bits per heavy atom. The normalized spacial score (nSPS) is 17.3. The lowest BCUT2D eigenvalue weighted by Gasteiger charge is -2.34. The quantitative estimate of drug-likeness (QED) is 0.293. The van der Waals surface area contributed by atoms with Gasteiger partial charge in [-0.15, -0.1) is 24.0 Å². The fraction of sp³-hybridized carbons (Fsp3) is 0.667. The zero-order valence-corrected chi connectivity index (χ0v) is 21.7. The molecule has 2 N–H and O–H groups in total. The molecule has 0 saturated carbocycles. The monoisotopic (exact) mass is 574 g/mol. The Balaban J connectivity index is 0.00000385. The van der Waals surface area contributed by atoms with Crippen LogP contribution in [0.25, 0.3) is 0 Å². The number of nitrogens with zero attached hydrogens (tertiary/aromatic N) is 6. The van der Waals surface area contributed by atoms with Gasteiger partial charge in [0.25, 0.3) is 0 Å². The van der Waals surface area contributed by atoms with E-state index in [1.165, 1.54) is 0 Å². The van der Waals surface area contributed by atoms with Crippen LogP contribution in [0.2, 0.25) is 0 Å². The minimum Gasteiger partial charge on any atom is -0.450 e. The van der Waals surface area contributed by atoms with Gasteiger partial charge in [-0.1, -0.05) is 0 Å². The van der Waals surface area contributed by atoms with Crippen molar-refractivity contribution in [2.45, 2.75) is 32.2 Å². The zero-order valence-electron chi connectivity index (χ0n) is 19.4. The second-order valence-electron chi connectivity index (χ2n) is 7.77. The molecule has 33 heavy (non-hydrogen) atoms. The molecule has 2 aliphatic heterocycles. The van der Waals surface area contributed by atoms with Crippen LogP contribution in [-0.4, -0.2) is 103 Å². The largest absolute Gasteiger partial charge is 0.450 e. The molecule has 0 unspecified atom stereocenters. The first kappa shape index (κ1) is 26.9. The van der Waals surface area contributed by atoms with E-state index in [0.717, 1.165) is 25.9 Å². The first-order chi connectivity index (χ1) is 15.6. The number of amides is 2. The van der Waals surface area contributed by atoms with Crippen LogP contribution >= 0.6 is 24.0 Å². The smallest absolute Gasteiger partial charge is 0.409 e. The summed E-state index contributed by atoms with van der Waals surface area (Å²) >= 11 is 0. The van der Waals surface area contributed by atoms with Crippen molar-refractivity contribution in [2.75, 3.05) is 64.4 Å². The highest BCUT2D eigenvalue weighted by molar-refractivity contribution is 14.0. The molecule has 2 saturated heterocycles. The van der Waals surface area contributed by atoms with Gasteiger partial charge in [0, 0.05) is 77.7 Å². The van der Waals surface area contributed by atoms with Gasteiger partial charge in [0.1, 0.15) is 0 Å². The molecule has 0 spiro atoms. The fourth-order valence-electron chi connectivity index (χ4n) is 3.87. The molecule has 3 rings (SSSR count). The lowest BCUT2D eigenvalue weighted by molar-refractivity contribution is -0.131. The van der Waals surface area contributed by atoms with Crippen molar-refractivity contribution >= 4 is 47.9 Å². The third kappa shape index (κ3) is 8.16. The number of aromatic nitrogens is 2. The van der Waals surface area contributed by atoms with Gasteiger partial charge >= 0.3 is 6.09 Å². The van der Waals surface area contributed by atoms with Gasteiger partial charge in [-0.2, -0.15) is 0 Å². The third-order valence-electron chi connectivity index (χ3n) is 5.68. The maximum absolute atomic E-state index is 12.6. The molecular formula is C21H35IN8O3. The topological polar surface area (TPSA) is 115 Å². The lowest BCUT2D eigenvalue weighted by Crippen LogP contribution is -2.51. The number of carbonyl (C=O) groups is 2. The van der Waals surface area contributed by atoms with E-state index >= 15 is 0 Å². The lowest BCUT2D eigenvalue weighted by atomic mass is 10.1.